The highest BCUT2D eigenvalue weighted by Crippen LogP contribution is 2.22. The Bertz CT molecular complexity index is 961. The number of hydrogen-bond acceptors (Lipinski definition) is 3. The van der Waals surface area contributed by atoms with Crippen LogP contribution in [0.5, 0.6) is 0 Å². The van der Waals surface area contributed by atoms with E-state index in [1.807, 2.05) is 65.7 Å². The summed E-state index contributed by atoms with van der Waals surface area (Å²) in [5.41, 5.74) is 4.27. The lowest BCUT2D eigenvalue weighted by Gasteiger charge is -2.26. The van der Waals surface area contributed by atoms with Crippen molar-refractivity contribution in [3.63, 3.8) is 0 Å². The average molecular weight is 361 g/mol. The molecule has 3 aromatic rings. The van der Waals surface area contributed by atoms with Gasteiger partial charge in [-0.2, -0.15) is 0 Å². The quantitative estimate of drug-likeness (QED) is 0.657. The third-order valence-corrected chi connectivity index (χ3v) is 4.42. The van der Waals surface area contributed by atoms with Crippen molar-refractivity contribution in [1.29, 1.82) is 0 Å². The van der Waals surface area contributed by atoms with Crippen LogP contribution in [0, 0.1) is 12.3 Å². The van der Waals surface area contributed by atoms with Gasteiger partial charge < -0.3 is 9.64 Å². The van der Waals surface area contributed by atoms with Gasteiger partial charge in [-0.1, -0.05) is 31.9 Å². The predicted molar refractivity (Wildman–Crippen MR) is 107 cm³/mol. The van der Waals surface area contributed by atoms with Crippen LogP contribution >= 0.6 is 0 Å². The summed E-state index contributed by atoms with van der Waals surface area (Å²) in [6.07, 6.45) is 9.16. The van der Waals surface area contributed by atoms with Gasteiger partial charge in [-0.05, 0) is 35.4 Å². The molecule has 27 heavy (non-hydrogen) atoms. The van der Waals surface area contributed by atoms with Crippen LogP contribution in [-0.2, 0) is 4.74 Å². The van der Waals surface area contributed by atoms with Gasteiger partial charge in [0, 0.05) is 24.8 Å². The van der Waals surface area contributed by atoms with E-state index in [0.717, 1.165) is 22.5 Å². The molecule has 138 valence electrons. The lowest BCUT2D eigenvalue weighted by molar-refractivity contribution is 0.0303. The number of carbonyl (C=O) groups is 1. The number of terminal acetylenes is 1. The molecule has 1 saturated heterocycles. The van der Waals surface area contributed by atoms with Gasteiger partial charge in [0.05, 0.1) is 19.4 Å². The molecule has 0 aliphatic carbocycles. The molecule has 0 radical (unpaired) electrons. The standard InChI is InChI=1S/C20H17N3O2.C2H6/c1-2-18-13-21-19-8-7-17(14-23(18)19)15-3-5-16(6-4-15)20(24)22-9-11-25-12-10-22;1-2/h1,3-8,13-14H,9-12H2;1-2H3. The number of morpholine rings is 1. The fraction of sp³-hybridized carbons (Fsp3) is 0.273. The van der Waals surface area contributed by atoms with Crippen LogP contribution in [0.1, 0.15) is 29.9 Å². The molecule has 1 amide bonds. The molecule has 0 unspecified atom stereocenters. The van der Waals surface area contributed by atoms with Gasteiger partial charge in [-0.15, -0.1) is 6.42 Å². The maximum absolute atomic E-state index is 12.5. The minimum absolute atomic E-state index is 0.0505. The van der Waals surface area contributed by atoms with Gasteiger partial charge in [-0.25, -0.2) is 4.98 Å². The highest BCUT2D eigenvalue weighted by Gasteiger charge is 2.18. The molecule has 0 saturated carbocycles. The van der Waals surface area contributed by atoms with Crippen molar-refractivity contribution in [3.8, 4) is 23.5 Å². The first-order valence-electron chi connectivity index (χ1n) is 9.17. The maximum Gasteiger partial charge on any atom is 0.254 e. The van der Waals surface area contributed by atoms with Crippen molar-refractivity contribution in [2.24, 2.45) is 0 Å². The summed E-state index contributed by atoms with van der Waals surface area (Å²) in [6.45, 7) is 6.50. The summed E-state index contributed by atoms with van der Waals surface area (Å²) in [4.78, 5) is 18.6. The predicted octanol–water partition coefficient (Wildman–Crippen LogP) is 3.48. The lowest BCUT2D eigenvalue weighted by atomic mass is 10.0. The monoisotopic (exact) mass is 361 g/mol. The largest absolute Gasteiger partial charge is 0.378 e. The van der Waals surface area contributed by atoms with E-state index in [2.05, 4.69) is 10.9 Å². The molecular formula is C22H23N3O2. The van der Waals surface area contributed by atoms with E-state index in [1.165, 1.54) is 0 Å². The van der Waals surface area contributed by atoms with Gasteiger partial charge >= 0.3 is 0 Å². The van der Waals surface area contributed by atoms with Crippen LogP contribution in [0.2, 0.25) is 0 Å². The highest BCUT2D eigenvalue weighted by molar-refractivity contribution is 5.94. The lowest BCUT2D eigenvalue weighted by Crippen LogP contribution is -2.40. The Kier molecular flexibility index (Phi) is 5.90. The smallest absolute Gasteiger partial charge is 0.254 e. The second kappa shape index (κ2) is 8.52. The van der Waals surface area contributed by atoms with Gasteiger partial charge in [0.2, 0.25) is 0 Å². The maximum atomic E-state index is 12.5. The molecule has 5 heteroatoms. The molecule has 0 bridgehead atoms. The highest BCUT2D eigenvalue weighted by atomic mass is 16.5. The number of nitrogens with zero attached hydrogens (tertiary/aromatic N) is 3. The van der Waals surface area contributed by atoms with E-state index in [4.69, 9.17) is 11.2 Å². The number of ether oxygens (including phenoxy) is 1. The molecule has 1 aliphatic heterocycles. The van der Waals surface area contributed by atoms with Crippen LogP contribution in [-0.4, -0.2) is 46.5 Å². The van der Waals surface area contributed by atoms with Crippen LogP contribution < -0.4 is 0 Å². The van der Waals surface area contributed by atoms with Crippen LogP contribution in [0.3, 0.4) is 0 Å². The molecule has 1 fully saturated rings. The second-order valence-electron chi connectivity index (χ2n) is 5.92. The van der Waals surface area contributed by atoms with Crippen LogP contribution in [0.15, 0.2) is 48.8 Å². The summed E-state index contributed by atoms with van der Waals surface area (Å²) in [7, 11) is 0. The molecule has 1 aliphatic rings. The second-order valence-corrected chi connectivity index (χ2v) is 5.92. The van der Waals surface area contributed by atoms with Crippen molar-refractivity contribution in [2.75, 3.05) is 26.3 Å². The van der Waals surface area contributed by atoms with Crippen molar-refractivity contribution in [2.45, 2.75) is 13.8 Å². The number of hydrogen-bond donors (Lipinski definition) is 0. The molecule has 0 atom stereocenters. The van der Waals surface area contributed by atoms with Gasteiger partial charge in [-0.3, -0.25) is 9.20 Å². The number of rotatable bonds is 2. The zero-order chi connectivity index (χ0) is 19.2. The Hall–Kier alpha value is -3.10. The SMILES string of the molecule is C#Cc1cnc2ccc(-c3ccc(C(=O)N4CCOCC4)cc3)cn12.CC. The van der Waals surface area contributed by atoms with E-state index in [1.54, 1.807) is 6.20 Å². The molecule has 5 nitrogen and oxygen atoms in total. The Morgan fingerprint density at radius 3 is 2.41 bits per heavy atom. The number of pyridine rings is 1. The van der Waals surface area contributed by atoms with Gasteiger partial charge in [0.25, 0.3) is 5.91 Å². The molecule has 0 spiro atoms. The van der Waals surface area contributed by atoms with Crippen molar-refractivity contribution in [1.82, 2.24) is 14.3 Å². The zero-order valence-electron chi connectivity index (χ0n) is 15.7. The molecule has 3 heterocycles. The fourth-order valence-electron chi connectivity index (χ4n) is 3.01. The van der Waals surface area contributed by atoms with E-state index < -0.39 is 0 Å². The molecule has 0 N–H and O–H groups in total. The summed E-state index contributed by atoms with van der Waals surface area (Å²) in [5.74, 6) is 2.68. The minimum Gasteiger partial charge on any atom is -0.378 e. The number of imidazole rings is 1. The van der Waals surface area contributed by atoms with Gasteiger partial charge in [0.15, 0.2) is 0 Å². The number of benzene rings is 1. The number of amides is 1. The number of carbonyl (C=O) groups excluding carboxylic acids is 1. The molecule has 4 rings (SSSR count). The van der Waals surface area contributed by atoms with E-state index in [0.29, 0.717) is 31.9 Å². The summed E-state index contributed by atoms with van der Waals surface area (Å²) in [5, 5.41) is 0. The third kappa shape index (κ3) is 3.86. The number of aromatic nitrogens is 2. The Balaban J connectivity index is 0.00000102. The van der Waals surface area contributed by atoms with Crippen LogP contribution in [0.4, 0.5) is 0 Å². The first-order chi connectivity index (χ1) is 13.3. The first kappa shape index (κ1) is 18.7. The first-order valence-corrected chi connectivity index (χ1v) is 9.17. The Morgan fingerprint density at radius 2 is 1.74 bits per heavy atom. The molecule has 1 aromatic carbocycles. The summed E-state index contributed by atoms with van der Waals surface area (Å²) < 4.78 is 7.19. The summed E-state index contributed by atoms with van der Waals surface area (Å²) in [6, 6.07) is 11.6. The van der Waals surface area contributed by atoms with Crippen molar-refractivity contribution < 1.29 is 9.53 Å². The zero-order valence-corrected chi connectivity index (χ0v) is 15.7. The van der Waals surface area contributed by atoms with Gasteiger partial charge in [0.1, 0.15) is 11.3 Å². The Morgan fingerprint density at radius 1 is 1.07 bits per heavy atom. The van der Waals surface area contributed by atoms with Crippen molar-refractivity contribution >= 4 is 11.6 Å². The number of fused-ring (bicyclic) bond motifs is 1. The topological polar surface area (TPSA) is 46.8 Å². The van der Waals surface area contributed by atoms with Crippen LogP contribution in [0.25, 0.3) is 16.8 Å². The minimum atomic E-state index is 0.0505. The molecule has 2 aromatic heterocycles. The fourth-order valence-corrected chi connectivity index (χ4v) is 3.01. The Labute approximate surface area is 159 Å². The van der Waals surface area contributed by atoms with E-state index in [-0.39, 0.29) is 5.91 Å². The molecular weight excluding hydrogens is 338 g/mol. The average Bonchev–Trinajstić information content (AvgIpc) is 3.18. The third-order valence-electron chi connectivity index (χ3n) is 4.42. The van der Waals surface area contributed by atoms with E-state index >= 15 is 0 Å². The summed E-state index contributed by atoms with van der Waals surface area (Å²) >= 11 is 0. The van der Waals surface area contributed by atoms with E-state index in [9.17, 15) is 4.79 Å². The normalized spacial score (nSPS) is 13.6. The van der Waals surface area contributed by atoms with Crippen molar-refractivity contribution in [3.05, 3.63) is 60.0 Å².